The summed E-state index contributed by atoms with van der Waals surface area (Å²) in [5.74, 6) is 1.02. The number of benzene rings is 2. The molecule has 0 atom stereocenters. The minimum atomic E-state index is -0.464. The number of hydrogen-bond donors (Lipinski definition) is 2. The normalized spacial score (nSPS) is 10.4. The Kier molecular flexibility index (Phi) is 8.23. The second-order valence-electron chi connectivity index (χ2n) is 6.20. The number of ether oxygens (including phenoxy) is 2. The van der Waals surface area contributed by atoms with Crippen molar-refractivity contribution in [2.24, 2.45) is 0 Å². The predicted molar refractivity (Wildman–Crippen MR) is 107 cm³/mol. The summed E-state index contributed by atoms with van der Waals surface area (Å²) in [5.41, 5.74) is 1.36. The summed E-state index contributed by atoms with van der Waals surface area (Å²) in [6.07, 6.45) is 3.12. The molecule has 2 amide bonds. The van der Waals surface area contributed by atoms with E-state index in [2.05, 4.69) is 17.6 Å². The molecule has 2 aromatic rings. The summed E-state index contributed by atoms with van der Waals surface area (Å²) >= 11 is 0. The highest BCUT2D eigenvalue weighted by molar-refractivity contribution is 5.89. The molecule has 0 bridgehead atoms. The van der Waals surface area contributed by atoms with Crippen LogP contribution in [0.3, 0.4) is 0 Å². The maximum atomic E-state index is 12.0. The molecule has 2 N–H and O–H groups in total. The van der Waals surface area contributed by atoms with Crippen LogP contribution in [-0.2, 0) is 11.3 Å². The van der Waals surface area contributed by atoms with Crippen molar-refractivity contribution in [3.8, 4) is 11.5 Å². The molecule has 0 fully saturated rings. The number of anilines is 1. The highest BCUT2D eigenvalue weighted by Gasteiger charge is 2.10. The number of nitro groups is 1. The first kappa shape index (κ1) is 21.2. The molecule has 0 aliphatic heterocycles. The van der Waals surface area contributed by atoms with E-state index in [9.17, 15) is 14.9 Å². The highest BCUT2D eigenvalue weighted by atomic mass is 16.6. The molecule has 2 aromatic carbocycles. The number of hydrogen-bond acceptors (Lipinski definition) is 5. The average molecular weight is 387 g/mol. The summed E-state index contributed by atoms with van der Waals surface area (Å²) in [6.45, 7) is 3.03. The lowest BCUT2D eigenvalue weighted by atomic mass is 10.2. The first-order valence-electron chi connectivity index (χ1n) is 9.12. The van der Waals surface area contributed by atoms with Crippen LogP contribution in [0.15, 0.2) is 42.5 Å². The zero-order valence-corrected chi connectivity index (χ0v) is 16.1. The van der Waals surface area contributed by atoms with E-state index in [0.717, 1.165) is 24.8 Å². The lowest BCUT2D eigenvalue weighted by Gasteiger charge is -2.13. The third kappa shape index (κ3) is 6.55. The molecule has 28 heavy (non-hydrogen) atoms. The summed E-state index contributed by atoms with van der Waals surface area (Å²) < 4.78 is 11.0. The number of methoxy groups -OCH3 is 1. The fourth-order valence-electron chi connectivity index (χ4n) is 2.54. The van der Waals surface area contributed by atoms with Crippen LogP contribution in [0.2, 0.25) is 0 Å². The topological polar surface area (TPSA) is 103 Å². The van der Waals surface area contributed by atoms with Gasteiger partial charge in [0.2, 0.25) is 0 Å². The molecule has 0 radical (unpaired) electrons. The van der Waals surface area contributed by atoms with E-state index < -0.39 is 4.92 Å². The molecule has 0 heterocycles. The minimum absolute atomic E-state index is 0.00559. The summed E-state index contributed by atoms with van der Waals surface area (Å²) in [6, 6.07) is 10.8. The van der Waals surface area contributed by atoms with E-state index in [0.29, 0.717) is 23.7 Å². The van der Waals surface area contributed by atoms with Gasteiger partial charge in [-0.15, -0.1) is 0 Å². The number of nitrogens with zero attached hydrogens (tertiary/aromatic N) is 1. The van der Waals surface area contributed by atoms with Gasteiger partial charge in [0, 0.05) is 37.0 Å². The smallest absolute Gasteiger partial charge is 0.319 e. The van der Waals surface area contributed by atoms with Gasteiger partial charge in [0.25, 0.3) is 5.69 Å². The van der Waals surface area contributed by atoms with Gasteiger partial charge in [-0.25, -0.2) is 4.79 Å². The molecule has 2 rings (SSSR count). The van der Waals surface area contributed by atoms with Crippen molar-refractivity contribution in [3.63, 3.8) is 0 Å². The lowest BCUT2D eigenvalue weighted by molar-refractivity contribution is -0.384. The molecule has 8 heteroatoms. The molecule has 150 valence electrons. The zero-order chi connectivity index (χ0) is 20.4. The summed E-state index contributed by atoms with van der Waals surface area (Å²) in [5, 5.41) is 16.4. The Labute approximate surface area is 164 Å². The van der Waals surface area contributed by atoms with E-state index in [1.807, 2.05) is 0 Å². The second kappa shape index (κ2) is 10.9. The van der Waals surface area contributed by atoms with Gasteiger partial charge in [0.1, 0.15) is 11.5 Å². The minimum Gasteiger partial charge on any atom is -0.457 e. The van der Waals surface area contributed by atoms with Crippen LogP contribution in [0.25, 0.3) is 0 Å². The van der Waals surface area contributed by atoms with Crippen molar-refractivity contribution in [1.82, 2.24) is 5.32 Å². The van der Waals surface area contributed by atoms with Crippen LogP contribution in [0.1, 0.15) is 31.7 Å². The van der Waals surface area contributed by atoms with Gasteiger partial charge in [-0.2, -0.15) is 0 Å². The average Bonchev–Trinajstić information content (AvgIpc) is 2.68. The Bertz CT molecular complexity index is 793. The Morgan fingerprint density at radius 3 is 2.54 bits per heavy atom. The van der Waals surface area contributed by atoms with Gasteiger partial charge < -0.3 is 20.1 Å². The second-order valence-corrected chi connectivity index (χ2v) is 6.20. The van der Waals surface area contributed by atoms with Crippen LogP contribution >= 0.6 is 0 Å². The zero-order valence-electron chi connectivity index (χ0n) is 16.1. The van der Waals surface area contributed by atoms with Gasteiger partial charge in [-0.05, 0) is 36.8 Å². The van der Waals surface area contributed by atoms with Gasteiger partial charge >= 0.3 is 6.03 Å². The fourth-order valence-corrected chi connectivity index (χ4v) is 2.54. The molecule has 0 aliphatic carbocycles. The molecule has 0 unspecified atom stereocenters. The SMILES string of the molecule is CCCCCNC(=O)Nc1ccc(Oc2ccc([N+](=O)[O-])cc2)c(COC)c1. The van der Waals surface area contributed by atoms with E-state index in [1.165, 1.54) is 24.3 Å². The standard InChI is InChI=1S/C20H25N3O5/c1-3-4-5-12-21-20(24)22-16-6-11-19(15(13-16)14-27-2)28-18-9-7-17(8-10-18)23(25)26/h6-11,13H,3-5,12,14H2,1-2H3,(H2,21,22,24). The Morgan fingerprint density at radius 2 is 1.89 bits per heavy atom. The quantitative estimate of drug-likeness (QED) is 0.345. The Morgan fingerprint density at radius 1 is 1.14 bits per heavy atom. The van der Waals surface area contributed by atoms with Crippen LogP contribution in [0, 0.1) is 10.1 Å². The molecular weight excluding hydrogens is 362 g/mol. The van der Waals surface area contributed by atoms with E-state index in [-0.39, 0.29) is 18.3 Å². The first-order valence-corrected chi connectivity index (χ1v) is 9.12. The van der Waals surface area contributed by atoms with Gasteiger partial charge in [0.15, 0.2) is 0 Å². The molecule has 8 nitrogen and oxygen atoms in total. The number of rotatable bonds is 10. The molecule has 0 saturated carbocycles. The van der Waals surface area contributed by atoms with Crippen molar-refractivity contribution in [1.29, 1.82) is 0 Å². The molecule has 0 saturated heterocycles. The number of carbonyl (C=O) groups excluding carboxylic acids is 1. The number of unbranched alkanes of at least 4 members (excludes halogenated alkanes) is 2. The van der Waals surface area contributed by atoms with E-state index >= 15 is 0 Å². The van der Waals surface area contributed by atoms with Gasteiger partial charge in [-0.3, -0.25) is 10.1 Å². The Hall–Kier alpha value is -3.13. The largest absolute Gasteiger partial charge is 0.457 e. The third-order valence-electron chi connectivity index (χ3n) is 3.96. The number of nitro benzene ring substituents is 1. The van der Waals surface area contributed by atoms with Crippen molar-refractivity contribution >= 4 is 17.4 Å². The van der Waals surface area contributed by atoms with Crippen LogP contribution in [-0.4, -0.2) is 24.6 Å². The van der Waals surface area contributed by atoms with Crippen molar-refractivity contribution in [2.75, 3.05) is 19.0 Å². The van der Waals surface area contributed by atoms with Crippen LogP contribution in [0.5, 0.6) is 11.5 Å². The van der Waals surface area contributed by atoms with Crippen LogP contribution in [0.4, 0.5) is 16.2 Å². The fraction of sp³-hybridized carbons (Fsp3) is 0.350. The Balaban J connectivity index is 2.05. The van der Waals surface area contributed by atoms with Crippen molar-refractivity contribution in [3.05, 3.63) is 58.1 Å². The number of carbonyl (C=O) groups is 1. The lowest BCUT2D eigenvalue weighted by Crippen LogP contribution is -2.29. The molecule has 0 spiro atoms. The van der Waals surface area contributed by atoms with Crippen molar-refractivity contribution < 1.29 is 19.2 Å². The first-order chi connectivity index (χ1) is 13.5. The van der Waals surface area contributed by atoms with Gasteiger partial charge in [-0.1, -0.05) is 19.8 Å². The number of nitrogens with one attached hydrogen (secondary N) is 2. The maximum Gasteiger partial charge on any atom is 0.319 e. The summed E-state index contributed by atoms with van der Waals surface area (Å²) in [4.78, 5) is 22.2. The molecular formula is C20H25N3O5. The predicted octanol–water partition coefficient (Wildman–Crippen LogP) is 4.85. The van der Waals surface area contributed by atoms with E-state index in [1.54, 1.807) is 25.3 Å². The highest BCUT2D eigenvalue weighted by Crippen LogP contribution is 2.29. The number of amides is 2. The van der Waals surface area contributed by atoms with E-state index in [4.69, 9.17) is 9.47 Å². The molecule has 0 aromatic heterocycles. The van der Waals surface area contributed by atoms with Crippen molar-refractivity contribution in [2.45, 2.75) is 32.8 Å². The number of urea groups is 1. The van der Waals surface area contributed by atoms with Gasteiger partial charge in [0.05, 0.1) is 11.5 Å². The van der Waals surface area contributed by atoms with Crippen LogP contribution < -0.4 is 15.4 Å². The molecule has 0 aliphatic rings. The monoisotopic (exact) mass is 387 g/mol. The maximum absolute atomic E-state index is 12.0. The third-order valence-corrected chi connectivity index (χ3v) is 3.96. The summed E-state index contributed by atoms with van der Waals surface area (Å²) in [7, 11) is 1.57. The number of non-ortho nitro benzene ring substituents is 1.